The molecule has 6 heterocycles. The minimum Gasteiger partial charge on any atom is -0.378 e. The molecule has 1 aromatic carbocycles. The fourth-order valence-electron chi connectivity index (χ4n) is 6.43. The Balaban J connectivity index is 0.939. The summed E-state index contributed by atoms with van der Waals surface area (Å²) in [5.74, 6) is 0.623. The van der Waals surface area contributed by atoms with Crippen LogP contribution in [0.4, 0.5) is 11.5 Å². The van der Waals surface area contributed by atoms with E-state index < -0.39 is 0 Å². The van der Waals surface area contributed by atoms with E-state index in [1.807, 2.05) is 42.5 Å². The predicted octanol–water partition coefficient (Wildman–Crippen LogP) is 3.45. The molecule has 4 aromatic rings. The lowest BCUT2D eigenvalue weighted by molar-refractivity contribution is -0.117. The van der Waals surface area contributed by atoms with Gasteiger partial charge in [0.15, 0.2) is 0 Å². The van der Waals surface area contributed by atoms with Gasteiger partial charge in [-0.1, -0.05) is 18.2 Å². The number of hydrogen-bond acceptors (Lipinski definition) is 9. The van der Waals surface area contributed by atoms with Crippen molar-refractivity contribution in [3.05, 3.63) is 78.4 Å². The van der Waals surface area contributed by atoms with Gasteiger partial charge in [-0.3, -0.25) is 24.4 Å². The van der Waals surface area contributed by atoms with Gasteiger partial charge in [0.25, 0.3) is 5.91 Å². The molecule has 3 aromatic heterocycles. The summed E-state index contributed by atoms with van der Waals surface area (Å²) in [5, 5.41) is 7.12. The molecule has 1 unspecified atom stereocenters. The number of aromatic amines is 1. The highest BCUT2D eigenvalue weighted by Gasteiger charge is 2.22. The molecule has 0 saturated carbocycles. The third kappa shape index (κ3) is 7.67. The lowest BCUT2D eigenvalue weighted by Crippen LogP contribution is -2.47. The smallest absolute Gasteiger partial charge is 0.274 e. The van der Waals surface area contributed by atoms with Gasteiger partial charge in [-0.25, -0.2) is 9.97 Å². The lowest BCUT2D eigenvalue weighted by Gasteiger charge is -2.33. The van der Waals surface area contributed by atoms with Crippen LogP contribution in [0.5, 0.6) is 0 Å². The van der Waals surface area contributed by atoms with Crippen molar-refractivity contribution in [2.75, 3.05) is 69.2 Å². The number of morpholine rings is 1. The number of carbonyl (C=O) groups is 2. The van der Waals surface area contributed by atoms with Gasteiger partial charge in [-0.2, -0.15) is 0 Å². The van der Waals surface area contributed by atoms with Crippen molar-refractivity contribution in [2.24, 2.45) is 0 Å². The number of aromatic nitrogens is 4. The topological polar surface area (TPSA) is 132 Å². The Kier molecular flexibility index (Phi) is 9.50. The molecule has 3 saturated heterocycles. The molecule has 12 heteroatoms. The number of H-pyrrole nitrogens is 1. The first kappa shape index (κ1) is 31.0. The largest absolute Gasteiger partial charge is 0.378 e. The first-order chi connectivity index (χ1) is 23.1. The summed E-state index contributed by atoms with van der Waals surface area (Å²) < 4.78 is 5.50. The summed E-state index contributed by atoms with van der Waals surface area (Å²) in [5.41, 5.74) is 4.76. The zero-order valence-corrected chi connectivity index (χ0v) is 26.5. The fraction of sp³-hybridized carbons (Fsp3) is 0.400. The highest BCUT2D eigenvalue weighted by molar-refractivity contribution is 6.03. The number of ether oxygens (including phenoxy) is 1. The van der Waals surface area contributed by atoms with Crippen LogP contribution in [0.3, 0.4) is 0 Å². The Bertz CT molecular complexity index is 1730. The molecule has 3 aliphatic rings. The molecule has 0 radical (unpaired) electrons. The van der Waals surface area contributed by atoms with Crippen LogP contribution in [0.25, 0.3) is 22.3 Å². The van der Waals surface area contributed by atoms with Crippen LogP contribution < -0.4 is 15.5 Å². The molecule has 47 heavy (non-hydrogen) atoms. The van der Waals surface area contributed by atoms with Gasteiger partial charge in [0.05, 0.1) is 18.6 Å². The summed E-state index contributed by atoms with van der Waals surface area (Å²) in [7, 11) is 0. The Hall–Kier alpha value is -4.65. The molecule has 3 fully saturated rings. The molecule has 0 bridgehead atoms. The van der Waals surface area contributed by atoms with E-state index in [1.165, 1.54) is 6.42 Å². The van der Waals surface area contributed by atoms with Gasteiger partial charge in [0.1, 0.15) is 23.5 Å². The number of piperidine rings is 1. The molecule has 2 amide bonds. The number of nitrogens with one attached hydrogen (secondary N) is 3. The van der Waals surface area contributed by atoms with Crippen LogP contribution in [-0.4, -0.2) is 107 Å². The molecule has 1 atom stereocenters. The van der Waals surface area contributed by atoms with Crippen LogP contribution >= 0.6 is 0 Å². The van der Waals surface area contributed by atoms with Crippen molar-refractivity contribution < 1.29 is 14.3 Å². The highest BCUT2D eigenvalue weighted by Crippen LogP contribution is 2.30. The van der Waals surface area contributed by atoms with Gasteiger partial charge >= 0.3 is 0 Å². The van der Waals surface area contributed by atoms with E-state index in [-0.39, 0.29) is 17.9 Å². The molecule has 0 aliphatic carbocycles. The molecule has 12 nitrogen and oxygen atoms in total. The maximum atomic E-state index is 13.2. The van der Waals surface area contributed by atoms with Gasteiger partial charge in [0, 0.05) is 62.4 Å². The normalized spacial score (nSPS) is 19.1. The maximum absolute atomic E-state index is 13.2. The van der Waals surface area contributed by atoms with Crippen LogP contribution in [-0.2, 0) is 16.1 Å². The zero-order valence-electron chi connectivity index (χ0n) is 26.5. The average molecular weight is 636 g/mol. The third-order valence-corrected chi connectivity index (χ3v) is 9.07. The van der Waals surface area contributed by atoms with Gasteiger partial charge in [-0.15, -0.1) is 0 Å². The van der Waals surface area contributed by atoms with Crippen LogP contribution in [0.15, 0.2) is 67.1 Å². The average Bonchev–Trinajstić information content (AvgIpc) is 3.52. The Morgan fingerprint density at radius 2 is 1.79 bits per heavy atom. The van der Waals surface area contributed by atoms with Crippen LogP contribution in [0.1, 0.15) is 35.3 Å². The van der Waals surface area contributed by atoms with Crippen molar-refractivity contribution >= 4 is 34.4 Å². The molecule has 244 valence electrons. The SMILES string of the molecule is O=C(C=CCN1CCC1)NC1CCCN(Cc2ccnc(C(=O)Nc3ccc(-c4cc5c(N6CCOCC6)ncnc5[nH]4)cc3)c2)C1. The number of hydrogen-bond donors (Lipinski definition) is 3. The second kappa shape index (κ2) is 14.4. The fourth-order valence-corrected chi connectivity index (χ4v) is 6.43. The van der Waals surface area contributed by atoms with E-state index in [0.29, 0.717) is 31.1 Å². The second-order valence-corrected chi connectivity index (χ2v) is 12.5. The minimum atomic E-state index is -0.260. The molecule has 3 aliphatic heterocycles. The van der Waals surface area contributed by atoms with Crippen molar-refractivity contribution in [1.82, 2.24) is 35.1 Å². The van der Waals surface area contributed by atoms with Crippen molar-refractivity contribution in [3.8, 4) is 11.3 Å². The van der Waals surface area contributed by atoms with Crippen molar-refractivity contribution in [1.29, 1.82) is 0 Å². The number of benzene rings is 1. The van der Waals surface area contributed by atoms with Crippen LogP contribution in [0.2, 0.25) is 0 Å². The Morgan fingerprint density at radius 3 is 2.60 bits per heavy atom. The summed E-state index contributed by atoms with van der Waals surface area (Å²) in [6.07, 6.45) is 10.1. The zero-order chi connectivity index (χ0) is 32.0. The lowest BCUT2D eigenvalue weighted by atomic mass is 10.0. The number of nitrogens with zero attached hydrogens (tertiary/aromatic N) is 6. The first-order valence-electron chi connectivity index (χ1n) is 16.5. The quantitative estimate of drug-likeness (QED) is 0.224. The number of rotatable bonds is 10. The van der Waals surface area contributed by atoms with Crippen molar-refractivity contribution in [3.63, 3.8) is 0 Å². The highest BCUT2D eigenvalue weighted by atomic mass is 16.5. The Labute approximate surface area is 274 Å². The van der Waals surface area contributed by atoms with Crippen LogP contribution in [0, 0.1) is 0 Å². The van der Waals surface area contributed by atoms with E-state index in [1.54, 1.807) is 18.6 Å². The number of fused-ring (bicyclic) bond motifs is 1. The monoisotopic (exact) mass is 635 g/mol. The molecular weight excluding hydrogens is 594 g/mol. The van der Waals surface area contributed by atoms with E-state index in [0.717, 1.165) is 92.3 Å². The van der Waals surface area contributed by atoms with Crippen molar-refractivity contribution in [2.45, 2.75) is 31.8 Å². The van der Waals surface area contributed by atoms with E-state index in [4.69, 9.17) is 4.74 Å². The maximum Gasteiger partial charge on any atom is 0.274 e. The number of amides is 2. The number of carbonyl (C=O) groups excluding carboxylic acids is 2. The van der Waals surface area contributed by atoms with E-state index in [2.05, 4.69) is 51.3 Å². The predicted molar refractivity (Wildman–Crippen MR) is 181 cm³/mol. The summed E-state index contributed by atoms with van der Waals surface area (Å²) in [6, 6.07) is 13.7. The minimum absolute atomic E-state index is 0.0261. The number of likely N-dealkylation sites (tertiary alicyclic amines) is 2. The summed E-state index contributed by atoms with van der Waals surface area (Å²) >= 11 is 0. The standard InChI is InChI=1S/C35H41N9O3/c45-32(5-2-12-42-14-3-15-42)39-28-4-1-13-43(23-28)22-25-10-11-36-31(20-25)35(46)40-27-8-6-26(7-9-27)30-21-29-33(41-30)37-24-38-34(29)44-16-18-47-19-17-44/h2,5-11,20-21,24,28H,1,3-4,12-19,22-23H2,(H,39,45)(H,40,46)(H,37,38,41). The van der Waals surface area contributed by atoms with E-state index in [9.17, 15) is 9.59 Å². The number of pyridine rings is 1. The van der Waals surface area contributed by atoms with Gasteiger partial charge < -0.3 is 25.3 Å². The number of anilines is 2. The van der Waals surface area contributed by atoms with Gasteiger partial charge in [-0.05, 0) is 80.4 Å². The second-order valence-electron chi connectivity index (χ2n) is 12.5. The molecule has 0 spiro atoms. The Morgan fingerprint density at radius 1 is 0.957 bits per heavy atom. The van der Waals surface area contributed by atoms with E-state index >= 15 is 0 Å². The summed E-state index contributed by atoms with van der Waals surface area (Å²) in [4.78, 5) is 49.2. The molecule has 3 N–H and O–H groups in total. The summed E-state index contributed by atoms with van der Waals surface area (Å²) in [6.45, 7) is 8.47. The van der Waals surface area contributed by atoms with Gasteiger partial charge in [0.2, 0.25) is 5.91 Å². The third-order valence-electron chi connectivity index (χ3n) is 9.07. The first-order valence-corrected chi connectivity index (χ1v) is 16.5. The molecular formula is C35H41N9O3. The molecule has 7 rings (SSSR count).